The van der Waals surface area contributed by atoms with Crippen LogP contribution in [0.25, 0.3) is 0 Å². The van der Waals surface area contributed by atoms with Crippen molar-refractivity contribution in [2.45, 2.75) is 66.8 Å². The topological polar surface area (TPSA) is 55.4 Å². The van der Waals surface area contributed by atoms with Crippen LogP contribution in [0.15, 0.2) is 0 Å². The molecule has 1 fully saturated rings. The van der Waals surface area contributed by atoms with Crippen molar-refractivity contribution in [3.05, 3.63) is 0 Å². The molecule has 0 spiro atoms. The summed E-state index contributed by atoms with van der Waals surface area (Å²) >= 11 is 0. The van der Waals surface area contributed by atoms with Gasteiger partial charge in [-0.1, -0.05) is 27.7 Å². The Hall–Kier alpha value is -1.06. The summed E-state index contributed by atoms with van der Waals surface area (Å²) in [7, 11) is 0. The maximum absolute atomic E-state index is 12.6. The molecule has 0 aromatic rings. The van der Waals surface area contributed by atoms with E-state index in [1.54, 1.807) is 13.8 Å². The van der Waals surface area contributed by atoms with Crippen LogP contribution in [0, 0.1) is 23.2 Å². The minimum Gasteiger partial charge on any atom is -0.464 e. The Bertz CT molecular complexity index is 376. The van der Waals surface area contributed by atoms with Gasteiger partial charge in [-0.2, -0.15) is 0 Å². The van der Waals surface area contributed by atoms with E-state index in [9.17, 15) is 9.59 Å². The van der Waals surface area contributed by atoms with E-state index in [1.165, 1.54) is 0 Å². The fourth-order valence-electron chi connectivity index (χ4n) is 3.34. The van der Waals surface area contributed by atoms with Crippen molar-refractivity contribution < 1.29 is 14.3 Å². The Morgan fingerprint density at radius 2 is 1.90 bits per heavy atom. The van der Waals surface area contributed by atoms with Gasteiger partial charge < -0.3 is 10.1 Å². The van der Waals surface area contributed by atoms with Crippen LogP contribution >= 0.6 is 0 Å². The lowest BCUT2D eigenvalue weighted by Gasteiger charge is -2.42. The first-order valence-electron chi connectivity index (χ1n) is 8.15. The normalized spacial score (nSPS) is 26.2. The van der Waals surface area contributed by atoms with Crippen molar-refractivity contribution in [3.63, 3.8) is 0 Å². The van der Waals surface area contributed by atoms with E-state index < -0.39 is 6.04 Å². The molecule has 1 aliphatic carbocycles. The molecule has 0 aliphatic heterocycles. The second-order valence-corrected chi connectivity index (χ2v) is 7.40. The van der Waals surface area contributed by atoms with Gasteiger partial charge in [0.1, 0.15) is 6.04 Å². The van der Waals surface area contributed by atoms with Gasteiger partial charge in [-0.25, -0.2) is 4.79 Å². The lowest BCUT2D eigenvalue weighted by atomic mass is 9.64. The predicted molar refractivity (Wildman–Crippen MR) is 83.7 cm³/mol. The van der Waals surface area contributed by atoms with Crippen molar-refractivity contribution in [1.29, 1.82) is 0 Å². The Labute approximate surface area is 129 Å². The quantitative estimate of drug-likeness (QED) is 0.793. The molecule has 21 heavy (non-hydrogen) atoms. The Morgan fingerprint density at radius 3 is 2.43 bits per heavy atom. The number of carbonyl (C=O) groups is 2. The molecule has 1 saturated carbocycles. The van der Waals surface area contributed by atoms with Gasteiger partial charge in [-0.15, -0.1) is 0 Å². The molecule has 0 heterocycles. The van der Waals surface area contributed by atoms with Crippen LogP contribution in [0.4, 0.5) is 0 Å². The third kappa shape index (κ3) is 5.01. The SMILES string of the molecule is CCOC(=O)[C@@H](C)NC(=O)C1CC(C)(C)CCC1C(C)C. The molecule has 1 amide bonds. The summed E-state index contributed by atoms with van der Waals surface area (Å²) in [5, 5.41) is 2.84. The minimum atomic E-state index is -0.574. The molecular weight excluding hydrogens is 266 g/mol. The van der Waals surface area contributed by atoms with Crippen molar-refractivity contribution in [2.24, 2.45) is 23.2 Å². The zero-order chi connectivity index (χ0) is 16.2. The summed E-state index contributed by atoms with van der Waals surface area (Å²) in [6.45, 7) is 12.6. The highest BCUT2D eigenvalue weighted by Gasteiger charge is 2.40. The van der Waals surface area contributed by atoms with Crippen molar-refractivity contribution in [1.82, 2.24) is 5.32 Å². The van der Waals surface area contributed by atoms with Gasteiger partial charge in [0.25, 0.3) is 0 Å². The third-order valence-corrected chi connectivity index (χ3v) is 4.64. The highest BCUT2D eigenvalue weighted by Crippen LogP contribution is 2.44. The number of hydrogen-bond acceptors (Lipinski definition) is 3. The molecule has 0 bridgehead atoms. The first-order valence-corrected chi connectivity index (χ1v) is 8.15. The van der Waals surface area contributed by atoms with Crippen molar-refractivity contribution in [2.75, 3.05) is 6.61 Å². The van der Waals surface area contributed by atoms with E-state index in [-0.39, 0.29) is 23.2 Å². The molecule has 4 heteroatoms. The highest BCUT2D eigenvalue weighted by atomic mass is 16.5. The van der Waals surface area contributed by atoms with E-state index in [4.69, 9.17) is 4.74 Å². The van der Waals surface area contributed by atoms with Gasteiger partial charge in [-0.3, -0.25) is 4.79 Å². The molecular formula is C17H31NO3. The number of nitrogens with one attached hydrogen (secondary N) is 1. The third-order valence-electron chi connectivity index (χ3n) is 4.64. The molecule has 1 rings (SSSR count). The molecule has 4 nitrogen and oxygen atoms in total. The minimum absolute atomic E-state index is 0.00188. The lowest BCUT2D eigenvalue weighted by molar-refractivity contribution is -0.148. The first kappa shape index (κ1) is 18.0. The monoisotopic (exact) mass is 297 g/mol. The summed E-state index contributed by atoms with van der Waals surface area (Å²) in [6, 6.07) is -0.574. The zero-order valence-electron chi connectivity index (χ0n) is 14.4. The summed E-state index contributed by atoms with van der Waals surface area (Å²) < 4.78 is 4.95. The Balaban J connectivity index is 2.73. The molecule has 0 aromatic heterocycles. The molecule has 2 unspecified atom stereocenters. The summed E-state index contributed by atoms with van der Waals surface area (Å²) in [6.07, 6.45) is 3.13. The number of ether oxygens (including phenoxy) is 1. The van der Waals surface area contributed by atoms with Crippen LogP contribution < -0.4 is 5.32 Å². The Kier molecular flexibility index (Phi) is 6.24. The average molecular weight is 297 g/mol. The van der Waals surface area contributed by atoms with Crippen LogP contribution in [-0.2, 0) is 14.3 Å². The van der Waals surface area contributed by atoms with Gasteiger partial charge in [0, 0.05) is 5.92 Å². The van der Waals surface area contributed by atoms with E-state index >= 15 is 0 Å². The number of esters is 1. The van der Waals surface area contributed by atoms with Gasteiger partial charge in [0.05, 0.1) is 6.61 Å². The maximum Gasteiger partial charge on any atom is 0.328 e. The van der Waals surface area contributed by atoms with Crippen molar-refractivity contribution in [3.8, 4) is 0 Å². The van der Waals surface area contributed by atoms with Gasteiger partial charge >= 0.3 is 5.97 Å². The van der Waals surface area contributed by atoms with E-state index in [1.807, 2.05) is 0 Å². The maximum atomic E-state index is 12.6. The second-order valence-electron chi connectivity index (χ2n) is 7.40. The molecule has 3 atom stereocenters. The second kappa shape index (κ2) is 7.28. The lowest BCUT2D eigenvalue weighted by Crippen LogP contribution is -2.47. The zero-order valence-corrected chi connectivity index (χ0v) is 14.4. The Morgan fingerprint density at radius 1 is 1.29 bits per heavy atom. The van der Waals surface area contributed by atoms with Crippen LogP contribution in [0.3, 0.4) is 0 Å². The van der Waals surface area contributed by atoms with E-state index in [0.29, 0.717) is 18.4 Å². The highest BCUT2D eigenvalue weighted by molar-refractivity contribution is 5.85. The fraction of sp³-hybridized carbons (Fsp3) is 0.882. The number of carbonyl (C=O) groups excluding carboxylic acids is 2. The van der Waals surface area contributed by atoms with Crippen LogP contribution in [0.2, 0.25) is 0 Å². The first-order chi connectivity index (χ1) is 9.68. The van der Waals surface area contributed by atoms with Crippen molar-refractivity contribution >= 4 is 11.9 Å². The number of hydrogen-bond donors (Lipinski definition) is 1. The van der Waals surface area contributed by atoms with E-state index in [2.05, 4.69) is 33.0 Å². The molecule has 0 radical (unpaired) electrons. The standard InChI is InChI=1S/C17H31NO3/c1-7-21-16(20)12(4)18-15(19)14-10-17(5,6)9-8-13(14)11(2)3/h11-14H,7-10H2,1-6H3,(H,18,19)/t12-,13?,14?/m1/s1. The molecule has 1 N–H and O–H groups in total. The number of rotatable bonds is 5. The summed E-state index contributed by atoms with van der Waals surface area (Å²) in [5.41, 5.74) is 0.195. The van der Waals surface area contributed by atoms with Gasteiger partial charge in [-0.05, 0) is 50.4 Å². The molecule has 122 valence electrons. The molecule has 1 aliphatic rings. The molecule has 0 saturated heterocycles. The fourth-order valence-corrected chi connectivity index (χ4v) is 3.34. The summed E-state index contributed by atoms with van der Waals surface area (Å²) in [5.74, 6) is 0.511. The average Bonchev–Trinajstić information content (AvgIpc) is 2.37. The molecule has 0 aromatic carbocycles. The van der Waals surface area contributed by atoms with Gasteiger partial charge in [0.2, 0.25) is 5.91 Å². The van der Waals surface area contributed by atoms with Gasteiger partial charge in [0.15, 0.2) is 0 Å². The predicted octanol–water partition coefficient (Wildman–Crippen LogP) is 3.15. The largest absolute Gasteiger partial charge is 0.464 e. The summed E-state index contributed by atoms with van der Waals surface area (Å²) in [4.78, 5) is 24.3. The van der Waals surface area contributed by atoms with Crippen LogP contribution in [0.5, 0.6) is 0 Å². The smallest absolute Gasteiger partial charge is 0.328 e. The number of amides is 1. The van der Waals surface area contributed by atoms with E-state index in [0.717, 1.165) is 19.3 Å². The van der Waals surface area contributed by atoms with Crippen LogP contribution in [-0.4, -0.2) is 24.5 Å². The van der Waals surface area contributed by atoms with Crippen LogP contribution in [0.1, 0.15) is 60.8 Å².